The number of benzene rings is 1. The number of methoxy groups -OCH3 is 1. The van der Waals surface area contributed by atoms with Crippen LogP contribution in [0.15, 0.2) is 34.9 Å². The van der Waals surface area contributed by atoms with E-state index in [0.717, 1.165) is 5.56 Å². The molecule has 0 aliphatic heterocycles. The normalized spacial score (nSPS) is 11.8. The molecule has 0 spiro atoms. The number of ether oxygens (including phenoxy) is 2. The van der Waals surface area contributed by atoms with Gasteiger partial charge >= 0.3 is 11.9 Å². The molecule has 0 fully saturated rings. The van der Waals surface area contributed by atoms with E-state index in [1.54, 1.807) is 6.92 Å². The highest BCUT2D eigenvalue weighted by molar-refractivity contribution is 5.93. The monoisotopic (exact) mass is 388 g/mol. The molecule has 1 amide bonds. The third-order valence-corrected chi connectivity index (χ3v) is 4.06. The summed E-state index contributed by atoms with van der Waals surface area (Å²) in [6.07, 6.45) is 0.259. The summed E-state index contributed by atoms with van der Waals surface area (Å²) in [5, 5.41) is 6.32. The molecule has 8 nitrogen and oxygen atoms in total. The number of carbonyl (C=O) groups is 3. The van der Waals surface area contributed by atoms with Crippen LogP contribution >= 0.6 is 0 Å². The van der Waals surface area contributed by atoms with Crippen molar-refractivity contribution < 1.29 is 28.4 Å². The van der Waals surface area contributed by atoms with Gasteiger partial charge in [0.05, 0.1) is 12.8 Å². The van der Waals surface area contributed by atoms with Gasteiger partial charge in [0.2, 0.25) is 0 Å². The van der Waals surface area contributed by atoms with E-state index in [9.17, 15) is 14.4 Å². The van der Waals surface area contributed by atoms with E-state index in [1.807, 2.05) is 44.2 Å². The zero-order chi connectivity index (χ0) is 20.7. The number of aryl methyl sites for hydroxylation is 1. The van der Waals surface area contributed by atoms with Crippen LogP contribution in [-0.2, 0) is 25.5 Å². The smallest absolute Gasteiger partial charge is 0.344 e. The minimum atomic E-state index is -0.887. The first-order valence-electron chi connectivity index (χ1n) is 8.87. The van der Waals surface area contributed by atoms with E-state index in [0.29, 0.717) is 11.5 Å². The summed E-state index contributed by atoms with van der Waals surface area (Å²) in [7, 11) is 1.24. The quantitative estimate of drug-likeness (QED) is 0.691. The van der Waals surface area contributed by atoms with Crippen molar-refractivity contribution in [2.75, 3.05) is 13.7 Å². The first kappa shape index (κ1) is 21.1. The Morgan fingerprint density at radius 1 is 1.18 bits per heavy atom. The lowest BCUT2D eigenvalue weighted by molar-refractivity contribution is -0.145. The number of aromatic nitrogens is 1. The largest absolute Gasteiger partial charge is 0.467 e. The van der Waals surface area contributed by atoms with Crippen LogP contribution in [0.2, 0.25) is 0 Å². The Hall–Kier alpha value is -3.16. The molecule has 0 aliphatic rings. The van der Waals surface area contributed by atoms with E-state index in [2.05, 4.69) is 10.5 Å². The molecule has 1 unspecified atom stereocenters. The van der Waals surface area contributed by atoms with Crippen molar-refractivity contribution in [2.45, 2.75) is 39.2 Å². The first-order valence-corrected chi connectivity index (χ1v) is 8.87. The van der Waals surface area contributed by atoms with Crippen LogP contribution in [0.4, 0.5) is 0 Å². The topological polar surface area (TPSA) is 108 Å². The molecule has 0 saturated heterocycles. The first-order chi connectivity index (χ1) is 13.3. The lowest BCUT2D eigenvalue weighted by Gasteiger charge is -2.16. The molecule has 0 radical (unpaired) electrons. The Balaban J connectivity index is 1.98. The molecular formula is C20H24N2O6. The molecule has 1 aromatic carbocycles. The summed E-state index contributed by atoms with van der Waals surface area (Å²) < 4.78 is 15.0. The van der Waals surface area contributed by atoms with Crippen molar-refractivity contribution in [1.82, 2.24) is 10.5 Å². The van der Waals surface area contributed by atoms with Gasteiger partial charge in [-0.05, 0) is 12.5 Å². The fourth-order valence-electron chi connectivity index (χ4n) is 2.65. The maximum absolute atomic E-state index is 12.3. The number of nitrogens with one attached hydrogen (secondary N) is 1. The molecule has 0 aliphatic carbocycles. The van der Waals surface area contributed by atoms with Gasteiger partial charge in [0, 0.05) is 12.3 Å². The van der Waals surface area contributed by atoms with Gasteiger partial charge in [-0.1, -0.05) is 49.3 Å². The van der Waals surface area contributed by atoms with Crippen molar-refractivity contribution in [3.05, 3.63) is 52.9 Å². The molecule has 28 heavy (non-hydrogen) atoms. The van der Waals surface area contributed by atoms with Gasteiger partial charge in [-0.2, -0.15) is 0 Å². The summed E-state index contributed by atoms with van der Waals surface area (Å²) in [5.74, 6) is -1.55. The Morgan fingerprint density at radius 2 is 1.86 bits per heavy atom. The minimum Gasteiger partial charge on any atom is -0.467 e. The molecule has 0 bridgehead atoms. The molecule has 150 valence electrons. The fourth-order valence-corrected chi connectivity index (χ4v) is 2.65. The lowest BCUT2D eigenvalue weighted by Crippen LogP contribution is -2.44. The third kappa shape index (κ3) is 5.42. The van der Waals surface area contributed by atoms with Gasteiger partial charge in [-0.3, -0.25) is 4.79 Å². The van der Waals surface area contributed by atoms with Crippen LogP contribution in [-0.4, -0.2) is 42.8 Å². The van der Waals surface area contributed by atoms with Gasteiger partial charge < -0.3 is 19.3 Å². The predicted molar refractivity (Wildman–Crippen MR) is 99.7 cm³/mol. The molecule has 1 atom stereocenters. The summed E-state index contributed by atoms with van der Waals surface area (Å²) in [5.41, 5.74) is 1.47. The Morgan fingerprint density at radius 3 is 2.46 bits per heavy atom. The number of hydrogen-bond donors (Lipinski definition) is 1. The molecule has 1 heterocycles. The highest BCUT2D eigenvalue weighted by Gasteiger charge is 2.26. The van der Waals surface area contributed by atoms with Crippen molar-refractivity contribution in [1.29, 1.82) is 0 Å². The predicted octanol–water partition coefficient (Wildman–Crippen LogP) is 2.16. The molecule has 0 saturated carbocycles. The maximum atomic E-state index is 12.3. The molecular weight excluding hydrogens is 364 g/mol. The lowest BCUT2D eigenvalue weighted by atomic mass is 10.1. The minimum absolute atomic E-state index is 0.0628. The van der Waals surface area contributed by atoms with Gasteiger partial charge in [-0.25, -0.2) is 9.59 Å². The molecule has 1 N–H and O–H groups in total. The molecule has 2 aromatic rings. The average molecular weight is 388 g/mol. The van der Waals surface area contributed by atoms with E-state index in [-0.39, 0.29) is 17.9 Å². The van der Waals surface area contributed by atoms with Gasteiger partial charge in [-0.15, -0.1) is 0 Å². The number of carbonyl (C=O) groups excluding carboxylic acids is 3. The van der Waals surface area contributed by atoms with Crippen LogP contribution in [0.1, 0.15) is 47.1 Å². The van der Waals surface area contributed by atoms with E-state index >= 15 is 0 Å². The number of rotatable bonds is 8. The number of amides is 1. The Labute approximate surface area is 163 Å². The van der Waals surface area contributed by atoms with Gasteiger partial charge in [0.15, 0.2) is 12.4 Å². The van der Waals surface area contributed by atoms with E-state index in [4.69, 9.17) is 14.0 Å². The van der Waals surface area contributed by atoms with Crippen LogP contribution < -0.4 is 5.32 Å². The van der Waals surface area contributed by atoms with Crippen molar-refractivity contribution >= 4 is 17.8 Å². The summed E-state index contributed by atoms with van der Waals surface area (Å²) >= 11 is 0. The van der Waals surface area contributed by atoms with Crippen molar-refractivity contribution in [3.8, 4) is 0 Å². The van der Waals surface area contributed by atoms with Crippen molar-refractivity contribution in [2.24, 2.45) is 0 Å². The van der Waals surface area contributed by atoms with Crippen LogP contribution in [0.5, 0.6) is 0 Å². The molecule has 1 aromatic heterocycles. The van der Waals surface area contributed by atoms with Crippen LogP contribution in [0.3, 0.4) is 0 Å². The van der Waals surface area contributed by atoms with Crippen LogP contribution in [0, 0.1) is 6.92 Å². The second-order valence-electron chi connectivity index (χ2n) is 6.57. The van der Waals surface area contributed by atoms with Crippen LogP contribution in [0.25, 0.3) is 0 Å². The third-order valence-electron chi connectivity index (χ3n) is 4.06. The highest BCUT2D eigenvalue weighted by atomic mass is 16.5. The van der Waals surface area contributed by atoms with E-state index in [1.165, 1.54) is 7.11 Å². The van der Waals surface area contributed by atoms with Gasteiger partial charge in [0.25, 0.3) is 5.91 Å². The zero-order valence-electron chi connectivity index (χ0n) is 16.4. The van der Waals surface area contributed by atoms with Gasteiger partial charge in [0.1, 0.15) is 11.6 Å². The standard InChI is InChI=1S/C20H24N2O6/c1-12(2)18-17(13(3)22-28-18)20(25)27-11-16(23)21-15(19(24)26-4)10-14-8-6-5-7-9-14/h5-9,12,15H,10-11H2,1-4H3,(H,21,23). The van der Waals surface area contributed by atoms with Crippen molar-refractivity contribution in [3.63, 3.8) is 0 Å². The number of nitrogens with zero attached hydrogens (tertiary/aromatic N) is 1. The highest BCUT2D eigenvalue weighted by Crippen LogP contribution is 2.22. The Bertz CT molecular complexity index is 828. The fraction of sp³-hybridized carbons (Fsp3) is 0.400. The number of esters is 2. The second kappa shape index (κ2) is 9.68. The Kier molecular flexibility index (Phi) is 7.31. The summed E-state index contributed by atoms with van der Waals surface area (Å²) in [6, 6.07) is 8.31. The zero-order valence-corrected chi connectivity index (χ0v) is 16.4. The van der Waals surface area contributed by atoms with E-state index < -0.39 is 30.5 Å². The molecule has 8 heteroatoms. The number of hydrogen-bond acceptors (Lipinski definition) is 7. The SMILES string of the molecule is COC(=O)C(Cc1ccccc1)NC(=O)COC(=O)c1c(C)noc1C(C)C. The summed E-state index contributed by atoms with van der Waals surface area (Å²) in [6.45, 7) is 4.80. The second-order valence-corrected chi connectivity index (χ2v) is 6.57. The average Bonchev–Trinajstić information content (AvgIpc) is 3.07. The summed E-state index contributed by atoms with van der Waals surface area (Å²) in [4.78, 5) is 36.5. The maximum Gasteiger partial charge on any atom is 0.344 e. The molecule has 2 rings (SSSR count).